The second kappa shape index (κ2) is 6.60. The molecule has 0 fully saturated rings. The quantitative estimate of drug-likeness (QED) is 0.356. The van der Waals surface area contributed by atoms with Crippen LogP contribution in [-0.4, -0.2) is 34.9 Å². The zero-order chi connectivity index (χ0) is 20.0. The van der Waals surface area contributed by atoms with Crippen LogP contribution in [0.1, 0.15) is 5.56 Å². The van der Waals surface area contributed by atoms with E-state index in [1.54, 1.807) is 23.6 Å². The molecule has 29 heavy (non-hydrogen) atoms. The number of hydrogen-bond acceptors (Lipinski definition) is 7. The van der Waals surface area contributed by atoms with Gasteiger partial charge in [-0.2, -0.15) is 14.7 Å². The lowest BCUT2D eigenvalue weighted by molar-refractivity contribution is -0.385. The van der Waals surface area contributed by atoms with E-state index in [0.717, 1.165) is 22.0 Å². The van der Waals surface area contributed by atoms with Crippen molar-refractivity contribution in [3.8, 4) is 33.3 Å². The molecule has 10 heteroatoms. The molecule has 0 unspecified atom stereocenters. The molecule has 0 radical (unpaired) electrons. The van der Waals surface area contributed by atoms with Crippen LogP contribution in [0.15, 0.2) is 54.6 Å². The summed E-state index contributed by atoms with van der Waals surface area (Å²) < 4.78 is 1.64. The van der Waals surface area contributed by atoms with Crippen LogP contribution in [-0.2, 0) is 0 Å². The summed E-state index contributed by atoms with van der Waals surface area (Å²) >= 11 is 1.39. The first-order chi connectivity index (χ1) is 14.1. The average molecular weight is 403 g/mol. The van der Waals surface area contributed by atoms with E-state index >= 15 is 0 Å². The lowest BCUT2D eigenvalue weighted by Crippen LogP contribution is -1.95. The number of nitrogens with zero attached hydrogens (tertiary/aromatic N) is 6. The number of aryl methyl sites for hydroxylation is 1. The molecule has 2 aromatic carbocycles. The third-order valence-electron chi connectivity index (χ3n) is 4.52. The summed E-state index contributed by atoms with van der Waals surface area (Å²) in [5.74, 6) is 0.531. The minimum Gasteiger partial charge on any atom is -0.275 e. The molecule has 0 spiro atoms. The number of benzene rings is 2. The van der Waals surface area contributed by atoms with E-state index in [9.17, 15) is 10.1 Å². The molecule has 9 nitrogen and oxygen atoms in total. The molecule has 5 rings (SSSR count). The zero-order valence-corrected chi connectivity index (χ0v) is 15.9. The van der Waals surface area contributed by atoms with Crippen molar-refractivity contribution in [3.63, 3.8) is 0 Å². The Labute approximate surface area is 167 Å². The van der Waals surface area contributed by atoms with Crippen LogP contribution in [0.5, 0.6) is 0 Å². The number of nitrogens with one attached hydrogen (secondary N) is 1. The number of H-pyrrole nitrogens is 1. The van der Waals surface area contributed by atoms with Gasteiger partial charge in [-0.1, -0.05) is 41.7 Å². The first kappa shape index (κ1) is 17.2. The highest BCUT2D eigenvalue weighted by molar-refractivity contribution is 7.19. The Morgan fingerprint density at radius 3 is 2.66 bits per heavy atom. The third-order valence-corrected chi connectivity index (χ3v) is 5.45. The summed E-state index contributed by atoms with van der Waals surface area (Å²) in [5, 5.41) is 32.2. The predicted octanol–water partition coefficient (Wildman–Crippen LogP) is 4.13. The van der Waals surface area contributed by atoms with E-state index in [4.69, 9.17) is 0 Å². The Morgan fingerprint density at radius 1 is 1.07 bits per heavy atom. The van der Waals surface area contributed by atoms with Crippen molar-refractivity contribution < 1.29 is 4.92 Å². The second-order valence-corrected chi connectivity index (χ2v) is 7.37. The molecular weight excluding hydrogens is 390 g/mol. The Balaban J connectivity index is 1.53. The van der Waals surface area contributed by atoms with E-state index in [2.05, 4.69) is 25.5 Å². The van der Waals surface area contributed by atoms with Crippen LogP contribution in [0.4, 0.5) is 5.69 Å². The number of hydrogen-bond donors (Lipinski definition) is 1. The summed E-state index contributed by atoms with van der Waals surface area (Å²) in [4.78, 5) is 11.3. The SMILES string of the molecule is Cc1cc(-c2nnc3sc(-c4cc(-c5ccccc5)n[nH]4)nn23)ccc1[N+](=O)[O-]. The fraction of sp³-hybridized carbons (Fsp3) is 0.0526. The van der Waals surface area contributed by atoms with E-state index in [-0.39, 0.29) is 5.69 Å². The molecule has 0 saturated heterocycles. The number of nitro benzene ring substituents is 1. The van der Waals surface area contributed by atoms with Gasteiger partial charge in [-0.25, -0.2) is 0 Å². The van der Waals surface area contributed by atoms with Crippen molar-refractivity contribution in [2.24, 2.45) is 0 Å². The van der Waals surface area contributed by atoms with Gasteiger partial charge in [0.05, 0.1) is 16.3 Å². The molecule has 1 N–H and O–H groups in total. The Kier molecular flexibility index (Phi) is 3.91. The first-order valence-corrected chi connectivity index (χ1v) is 9.50. The van der Waals surface area contributed by atoms with Gasteiger partial charge in [0.1, 0.15) is 0 Å². The minimum absolute atomic E-state index is 0.0689. The van der Waals surface area contributed by atoms with Gasteiger partial charge in [-0.3, -0.25) is 15.2 Å². The number of nitro groups is 1. The maximum Gasteiger partial charge on any atom is 0.272 e. The Morgan fingerprint density at radius 2 is 1.90 bits per heavy atom. The van der Waals surface area contributed by atoms with Crippen LogP contribution >= 0.6 is 11.3 Å². The molecule has 0 aliphatic rings. The molecule has 0 amide bonds. The summed E-state index contributed by atoms with van der Waals surface area (Å²) in [6.45, 7) is 1.70. The van der Waals surface area contributed by atoms with Crippen molar-refractivity contribution >= 4 is 22.0 Å². The molecule has 0 aliphatic carbocycles. The smallest absolute Gasteiger partial charge is 0.272 e. The largest absolute Gasteiger partial charge is 0.275 e. The Bertz CT molecular complexity index is 1350. The topological polar surface area (TPSA) is 115 Å². The molecular formula is C19H13N7O2S. The standard InChI is InChI=1S/C19H13N7O2S/c1-11-9-13(7-8-16(11)26(27)28)17-22-23-19-25(17)24-18(29-19)15-10-14(20-21-15)12-5-3-2-4-6-12/h2-10H,1H3,(H,20,21). The Hall–Kier alpha value is -3.92. The first-order valence-electron chi connectivity index (χ1n) is 8.69. The highest BCUT2D eigenvalue weighted by atomic mass is 32.1. The van der Waals surface area contributed by atoms with Gasteiger partial charge in [0.2, 0.25) is 4.96 Å². The maximum absolute atomic E-state index is 11.0. The molecule has 142 valence electrons. The molecule has 3 heterocycles. The van der Waals surface area contributed by atoms with Gasteiger partial charge in [0, 0.05) is 22.8 Å². The van der Waals surface area contributed by atoms with Crippen molar-refractivity contribution in [1.29, 1.82) is 0 Å². The van der Waals surface area contributed by atoms with Gasteiger partial charge in [-0.15, -0.1) is 10.2 Å². The van der Waals surface area contributed by atoms with E-state index in [1.165, 1.54) is 17.4 Å². The molecule has 5 aromatic rings. The number of rotatable bonds is 4. The second-order valence-electron chi connectivity index (χ2n) is 6.42. The highest BCUT2D eigenvalue weighted by Gasteiger charge is 2.18. The van der Waals surface area contributed by atoms with Crippen molar-refractivity contribution in [2.75, 3.05) is 0 Å². The summed E-state index contributed by atoms with van der Waals surface area (Å²) in [6, 6.07) is 16.7. The van der Waals surface area contributed by atoms with Crippen LogP contribution in [0.2, 0.25) is 0 Å². The predicted molar refractivity (Wildman–Crippen MR) is 109 cm³/mol. The lowest BCUT2D eigenvalue weighted by atomic mass is 10.1. The fourth-order valence-corrected chi connectivity index (χ4v) is 3.90. The normalized spacial score (nSPS) is 11.2. The van der Waals surface area contributed by atoms with Crippen LogP contribution < -0.4 is 0 Å². The van der Waals surface area contributed by atoms with Gasteiger partial charge in [-0.05, 0) is 25.1 Å². The van der Waals surface area contributed by atoms with Crippen molar-refractivity contribution in [1.82, 2.24) is 30.0 Å². The van der Waals surface area contributed by atoms with Gasteiger partial charge in [0.25, 0.3) is 5.69 Å². The van der Waals surface area contributed by atoms with Crippen LogP contribution in [0, 0.1) is 17.0 Å². The zero-order valence-electron chi connectivity index (χ0n) is 15.1. The van der Waals surface area contributed by atoms with E-state index in [1.807, 2.05) is 36.4 Å². The highest BCUT2D eigenvalue weighted by Crippen LogP contribution is 2.30. The van der Waals surface area contributed by atoms with Crippen molar-refractivity contribution in [3.05, 3.63) is 70.3 Å². The van der Waals surface area contributed by atoms with Crippen molar-refractivity contribution in [2.45, 2.75) is 6.92 Å². The lowest BCUT2D eigenvalue weighted by Gasteiger charge is -2.00. The molecule has 0 bridgehead atoms. The molecule has 3 aromatic heterocycles. The van der Waals surface area contributed by atoms with E-state index in [0.29, 0.717) is 21.9 Å². The fourth-order valence-electron chi connectivity index (χ4n) is 3.09. The maximum atomic E-state index is 11.0. The molecule has 0 saturated carbocycles. The van der Waals surface area contributed by atoms with Gasteiger partial charge < -0.3 is 0 Å². The average Bonchev–Trinajstić information content (AvgIpc) is 3.43. The van der Waals surface area contributed by atoms with Gasteiger partial charge in [0.15, 0.2) is 10.8 Å². The number of fused-ring (bicyclic) bond motifs is 1. The monoisotopic (exact) mass is 403 g/mol. The summed E-state index contributed by atoms with van der Waals surface area (Å²) in [7, 11) is 0. The number of aromatic nitrogens is 6. The summed E-state index contributed by atoms with van der Waals surface area (Å²) in [5.41, 5.74) is 3.97. The summed E-state index contributed by atoms with van der Waals surface area (Å²) in [6.07, 6.45) is 0. The van der Waals surface area contributed by atoms with E-state index < -0.39 is 4.92 Å². The minimum atomic E-state index is -0.401. The molecule has 0 atom stereocenters. The number of aromatic amines is 1. The third kappa shape index (κ3) is 2.95. The van der Waals surface area contributed by atoms with Crippen LogP contribution in [0.25, 0.3) is 38.3 Å². The van der Waals surface area contributed by atoms with Crippen LogP contribution in [0.3, 0.4) is 0 Å². The molecule has 0 aliphatic heterocycles. The van der Waals surface area contributed by atoms with Gasteiger partial charge >= 0.3 is 0 Å².